The van der Waals surface area contributed by atoms with Crippen molar-refractivity contribution >= 4 is 5.97 Å². The summed E-state index contributed by atoms with van der Waals surface area (Å²) in [6, 6.07) is 10.3. The number of benzene rings is 2. The van der Waals surface area contributed by atoms with Crippen molar-refractivity contribution in [2.75, 3.05) is 20.8 Å². The van der Waals surface area contributed by atoms with E-state index in [1.807, 2.05) is 18.2 Å². The Morgan fingerprint density at radius 1 is 1.04 bits per heavy atom. The predicted molar refractivity (Wildman–Crippen MR) is 94.8 cm³/mol. The maximum atomic E-state index is 12.2. The molecule has 0 spiro atoms. The number of rotatable bonds is 5. The highest BCUT2D eigenvalue weighted by Crippen LogP contribution is 2.36. The van der Waals surface area contributed by atoms with Gasteiger partial charge in [0.15, 0.2) is 23.0 Å². The lowest BCUT2D eigenvalue weighted by Crippen LogP contribution is -2.30. The van der Waals surface area contributed by atoms with E-state index in [0.29, 0.717) is 30.9 Å². The first-order valence-electron chi connectivity index (χ1n) is 8.41. The fourth-order valence-electron chi connectivity index (χ4n) is 3.29. The van der Waals surface area contributed by atoms with Gasteiger partial charge in [-0.15, -0.1) is 0 Å². The van der Waals surface area contributed by atoms with Crippen molar-refractivity contribution in [3.63, 3.8) is 0 Å². The Hall–Kier alpha value is -2.89. The Morgan fingerprint density at radius 2 is 1.81 bits per heavy atom. The quantitative estimate of drug-likeness (QED) is 0.631. The Balaban J connectivity index is 1.77. The van der Waals surface area contributed by atoms with Crippen LogP contribution in [0.4, 0.5) is 0 Å². The number of methoxy groups -OCH3 is 2. The first kappa shape index (κ1) is 17.9. The normalized spacial score (nSPS) is 19.7. The Kier molecular flexibility index (Phi) is 5.21. The van der Waals surface area contributed by atoms with Gasteiger partial charge < -0.3 is 24.4 Å². The van der Waals surface area contributed by atoms with Crippen LogP contribution in [-0.4, -0.2) is 37.0 Å². The molecular formula is C20H22O6. The molecule has 2 aromatic carbocycles. The van der Waals surface area contributed by atoms with Crippen LogP contribution in [0.3, 0.4) is 0 Å². The summed E-state index contributed by atoms with van der Waals surface area (Å²) in [5.74, 6) is 0.427. The zero-order valence-corrected chi connectivity index (χ0v) is 14.8. The number of phenolic OH excluding ortho intramolecular Hbond substituents is 2. The second-order valence-corrected chi connectivity index (χ2v) is 6.40. The first-order chi connectivity index (χ1) is 12.5. The van der Waals surface area contributed by atoms with Gasteiger partial charge in [-0.25, -0.2) is 0 Å². The fourth-order valence-corrected chi connectivity index (χ4v) is 3.29. The number of aromatic hydroxyl groups is 2. The Morgan fingerprint density at radius 3 is 2.50 bits per heavy atom. The van der Waals surface area contributed by atoms with Crippen molar-refractivity contribution in [3.05, 3.63) is 47.5 Å². The molecule has 1 unspecified atom stereocenters. The first-order valence-corrected chi connectivity index (χ1v) is 8.41. The average Bonchev–Trinajstić information content (AvgIpc) is 2.66. The van der Waals surface area contributed by atoms with Crippen molar-refractivity contribution in [1.82, 2.24) is 0 Å². The van der Waals surface area contributed by atoms with Crippen LogP contribution in [0, 0.1) is 5.92 Å². The lowest BCUT2D eigenvalue weighted by molar-refractivity contribution is -0.154. The van der Waals surface area contributed by atoms with Crippen molar-refractivity contribution in [2.24, 2.45) is 5.92 Å². The number of ether oxygens (including phenoxy) is 3. The maximum Gasteiger partial charge on any atom is 0.309 e. The number of hydrogen-bond donors (Lipinski definition) is 2. The molecule has 1 fully saturated rings. The third-order valence-electron chi connectivity index (χ3n) is 4.73. The van der Waals surface area contributed by atoms with Crippen LogP contribution < -0.4 is 9.47 Å². The summed E-state index contributed by atoms with van der Waals surface area (Å²) in [6.07, 6.45) is 1.08. The molecule has 138 valence electrons. The molecular weight excluding hydrogens is 336 g/mol. The van der Waals surface area contributed by atoms with Crippen molar-refractivity contribution in [3.8, 4) is 23.0 Å². The van der Waals surface area contributed by atoms with E-state index >= 15 is 0 Å². The highest BCUT2D eigenvalue weighted by Gasteiger charge is 2.32. The van der Waals surface area contributed by atoms with Gasteiger partial charge in [0.1, 0.15) is 0 Å². The van der Waals surface area contributed by atoms with E-state index in [-0.39, 0.29) is 29.3 Å². The summed E-state index contributed by atoms with van der Waals surface area (Å²) in [5.41, 5.74) is 1.80. The van der Waals surface area contributed by atoms with Crippen LogP contribution >= 0.6 is 0 Å². The third-order valence-corrected chi connectivity index (χ3v) is 4.73. The maximum absolute atomic E-state index is 12.2. The van der Waals surface area contributed by atoms with Crippen LogP contribution in [0.15, 0.2) is 36.4 Å². The van der Waals surface area contributed by atoms with Gasteiger partial charge in [-0.3, -0.25) is 4.79 Å². The van der Waals surface area contributed by atoms with Crippen molar-refractivity contribution in [1.29, 1.82) is 0 Å². The molecule has 1 aliphatic rings. The molecule has 26 heavy (non-hydrogen) atoms. The van der Waals surface area contributed by atoms with E-state index < -0.39 is 0 Å². The minimum atomic E-state index is -0.314. The predicted octanol–water partition coefficient (Wildman–Crippen LogP) is 3.00. The molecule has 1 aliphatic heterocycles. The summed E-state index contributed by atoms with van der Waals surface area (Å²) in [6.45, 7) is 0.325. The lowest BCUT2D eigenvalue weighted by Gasteiger charge is -2.29. The Bertz CT molecular complexity index is 801. The van der Waals surface area contributed by atoms with Gasteiger partial charge in [0.25, 0.3) is 0 Å². The average molecular weight is 358 g/mol. The van der Waals surface area contributed by atoms with Crippen LogP contribution in [0.25, 0.3) is 0 Å². The summed E-state index contributed by atoms with van der Waals surface area (Å²) < 4.78 is 16.0. The fraction of sp³-hybridized carbons (Fsp3) is 0.350. The molecule has 0 radical (unpaired) electrons. The summed E-state index contributed by atoms with van der Waals surface area (Å²) in [4.78, 5) is 12.2. The smallest absolute Gasteiger partial charge is 0.309 e. The van der Waals surface area contributed by atoms with E-state index in [2.05, 4.69) is 0 Å². The molecule has 0 aromatic heterocycles. The number of carbonyl (C=O) groups excluding carboxylic acids is 1. The molecule has 2 N–H and O–H groups in total. The van der Waals surface area contributed by atoms with Crippen molar-refractivity contribution in [2.45, 2.75) is 18.8 Å². The van der Waals surface area contributed by atoms with E-state index in [4.69, 9.17) is 14.2 Å². The van der Waals surface area contributed by atoms with E-state index in [0.717, 1.165) is 11.1 Å². The molecule has 3 rings (SSSR count). The zero-order valence-electron chi connectivity index (χ0n) is 14.8. The van der Waals surface area contributed by atoms with Gasteiger partial charge in [-0.2, -0.15) is 0 Å². The minimum Gasteiger partial charge on any atom is -0.504 e. The van der Waals surface area contributed by atoms with Gasteiger partial charge >= 0.3 is 5.97 Å². The highest BCUT2D eigenvalue weighted by atomic mass is 16.5. The van der Waals surface area contributed by atoms with Gasteiger partial charge in [0.05, 0.1) is 26.7 Å². The summed E-state index contributed by atoms with van der Waals surface area (Å²) >= 11 is 0. The van der Waals surface area contributed by atoms with E-state index in [9.17, 15) is 15.0 Å². The number of phenols is 2. The van der Waals surface area contributed by atoms with Crippen molar-refractivity contribution < 1.29 is 29.2 Å². The number of hydrogen-bond acceptors (Lipinski definition) is 6. The molecule has 0 amide bonds. The van der Waals surface area contributed by atoms with E-state index in [1.54, 1.807) is 20.3 Å². The van der Waals surface area contributed by atoms with Gasteiger partial charge in [-0.05, 0) is 48.2 Å². The molecule has 0 bridgehead atoms. The Labute approximate surface area is 151 Å². The highest BCUT2D eigenvalue weighted by molar-refractivity contribution is 5.74. The lowest BCUT2D eigenvalue weighted by atomic mass is 9.84. The third kappa shape index (κ3) is 3.69. The molecule has 1 heterocycles. The minimum absolute atomic E-state index is 0.0585. The molecule has 6 heteroatoms. The van der Waals surface area contributed by atoms with Crippen LogP contribution in [0.5, 0.6) is 23.0 Å². The number of carbonyl (C=O) groups is 1. The molecule has 2 aromatic rings. The molecule has 0 aliphatic carbocycles. The zero-order chi connectivity index (χ0) is 18.7. The van der Waals surface area contributed by atoms with Crippen LogP contribution in [0.1, 0.15) is 23.5 Å². The molecule has 2 atom stereocenters. The SMILES string of the molecule is COc1ccc([C@H]2COC(=O)C(Cc3ccc(O)c(O)c3)C2)cc1OC. The summed E-state index contributed by atoms with van der Waals surface area (Å²) in [7, 11) is 3.17. The van der Waals surface area contributed by atoms with Gasteiger partial charge in [0.2, 0.25) is 0 Å². The molecule has 0 saturated carbocycles. The standard InChI is InChI=1S/C20H22O6/c1-24-18-6-4-13(10-19(18)25-2)15-9-14(20(23)26-11-15)7-12-3-5-16(21)17(22)8-12/h3-6,8,10,14-15,21-22H,7,9,11H2,1-2H3/t14?,15-/m1/s1. The van der Waals surface area contributed by atoms with Gasteiger partial charge in [-0.1, -0.05) is 12.1 Å². The summed E-state index contributed by atoms with van der Waals surface area (Å²) in [5, 5.41) is 19.1. The van der Waals surface area contributed by atoms with Crippen LogP contribution in [-0.2, 0) is 16.0 Å². The monoisotopic (exact) mass is 358 g/mol. The topological polar surface area (TPSA) is 85.2 Å². The van der Waals surface area contributed by atoms with Gasteiger partial charge in [0, 0.05) is 5.92 Å². The molecule has 1 saturated heterocycles. The van der Waals surface area contributed by atoms with Crippen LogP contribution in [0.2, 0.25) is 0 Å². The van der Waals surface area contributed by atoms with E-state index in [1.165, 1.54) is 12.1 Å². The largest absolute Gasteiger partial charge is 0.504 e. The number of esters is 1. The second kappa shape index (κ2) is 7.56. The second-order valence-electron chi connectivity index (χ2n) is 6.40. The number of cyclic esters (lactones) is 1. The molecule has 6 nitrogen and oxygen atoms in total.